The number of rotatable bonds is 13. The Kier molecular flexibility index (Phi) is 18.2. The Hall–Kier alpha value is -0.440. The minimum Gasteiger partial charge on any atom is -0.465 e. The summed E-state index contributed by atoms with van der Waals surface area (Å²) in [5.74, 6) is 0. The number of amides is 1. The molecule has 0 heterocycles. The van der Waals surface area contributed by atoms with Gasteiger partial charge in [0.05, 0.1) is 0 Å². The van der Waals surface area contributed by atoms with Crippen molar-refractivity contribution in [2.45, 2.75) is 84.0 Å². The van der Waals surface area contributed by atoms with Gasteiger partial charge in [0.2, 0.25) is 0 Å². The molecule has 0 unspecified atom stereocenters. The van der Waals surface area contributed by atoms with Crippen molar-refractivity contribution in [2.75, 3.05) is 13.6 Å². The van der Waals surface area contributed by atoms with Gasteiger partial charge in [-0.05, 0) is 6.42 Å². The van der Waals surface area contributed by atoms with Gasteiger partial charge in [-0.3, -0.25) is 0 Å². The van der Waals surface area contributed by atoms with Gasteiger partial charge in [0.1, 0.15) is 0 Å². The van der Waals surface area contributed by atoms with Gasteiger partial charge >= 0.3 is 6.09 Å². The highest BCUT2D eigenvalue weighted by Crippen LogP contribution is 2.11. The van der Waals surface area contributed by atoms with E-state index in [2.05, 4.69) is 6.92 Å². The summed E-state index contributed by atoms with van der Waals surface area (Å²) in [5.41, 5.74) is 0. The van der Waals surface area contributed by atoms with Crippen molar-refractivity contribution in [1.29, 1.82) is 0 Å². The molecule has 0 aliphatic heterocycles. The van der Waals surface area contributed by atoms with Crippen LogP contribution in [0.25, 0.3) is 0 Å². The smallest absolute Gasteiger partial charge is 0.407 e. The molecule has 4 heteroatoms. The third-order valence-electron chi connectivity index (χ3n) is 3.67. The molecule has 0 saturated heterocycles. The van der Waals surface area contributed by atoms with E-state index in [0.717, 1.165) is 12.8 Å². The Morgan fingerprint density at radius 2 is 1.15 bits per heavy atom. The molecule has 0 rings (SSSR count). The third kappa shape index (κ3) is 15.6. The Bertz CT molecular complexity index is 213. The van der Waals surface area contributed by atoms with Crippen LogP contribution in [0.2, 0.25) is 0 Å². The molecule has 3 nitrogen and oxygen atoms in total. The van der Waals surface area contributed by atoms with E-state index in [4.69, 9.17) is 5.11 Å². The van der Waals surface area contributed by atoms with Crippen LogP contribution >= 0.6 is 12.4 Å². The number of unbranched alkanes of at least 4 members (excludes halogenated alkanes) is 11. The number of hydrogen-bond donors (Lipinski definition) is 1. The third-order valence-corrected chi connectivity index (χ3v) is 3.67. The van der Waals surface area contributed by atoms with E-state index >= 15 is 0 Å². The topological polar surface area (TPSA) is 40.5 Å². The normalized spacial score (nSPS) is 10.1. The second-order valence-electron chi connectivity index (χ2n) is 5.59. The molecule has 0 aliphatic rings. The van der Waals surface area contributed by atoms with Crippen molar-refractivity contribution >= 4 is 18.5 Å². The zero-order valence-electron chi connectivity index (χ0n) is 13.4. The Morgan fingerprint density at radius 1 is 0.800 bits per heavy atom. The first-order chi connectivity index (χ1) is 9.18. The van der Waals surface area contributed by atoms with Gasteiger partial charge in [0.15, 0.2) is 0 Å². The fraction of sp³-hybridized carbons (Fsp3) is 0.938. The van der Waals surface area contributed by atoms with E-state index in [-0.39, 0.29) is 12.4 Å². The summed E-state index contributed by atoms with van der Waals surface area (Å²) >= 11 is 0. The Labute approximate surface area is 131 Å². The van der Waals surface area contributed by atoms with Crippen LogP contribution in [-0.2, 0) is 0 Å². The first-order valence-electron chi connectivity index (χ1n) is 8.12. The molecule has 0 aliphatic carbocycles. The average molecular weight is 308 g/mol. The minimum atomic E-state index is -0.817. The van der Waals surface area contributed by atoms with Crippen molar-refractivity contribution in [2.24, 2.45) is 0 Å². The highest BCUT2D eigenvalue weighted by molar-refractivity contribution is 5.85. The molecule has 0 fully saturated rings. The summed E-state index contributed by atoms with van der Waals surface area (Å²) in [6, 6.07) is 0. The number of halogens is 1. The maximum Gasteiger partial charge on any atom is 0.407 e. The van der Waals surface area contributed by atoms with Crippen molar-refractivity contribution < 1.29 is 9.90 Å². The number of carbonyl (C=O) groups is 1. The molecule has 122 valence electrons. The van der Waals surface area contributed by atoms with Gasteiger partial charge in [0.25, 0.3) is 0 Å². The van der Waals surface area contributed by atoms with Gasteiger partial charge in [-0.2, -0.15) is 0 Å². The number of nitrogens with zero attached hydrogens (tertiary/aromatic N) is 1. The molecule has 20 heavy (non-hydrogen) atoms. The zero-order chi connectivity index (χ0) is 14.3. The Morgan fingerprint density at radius 3 is 1.50 bits per heavy atom. The maximum atomic E-state index is 10.6. The van der Waals surface area contributed by atoms with Gasteiger partial charge in [-0.15, -0.1) is 12.4 Å². The van der Waals surface area contributed by atoms with E-state index in [9.17, 15) is 4.79 Å². The number of carboxylic acid groups (broad SMARTS) is 1. The lowest BCUT2D eigenvalue weighted by atomic mass is 10.1. The van der Waals surface area contributed by atoms with Crippen LogP contribution in [0.5, 0.6) is 0 Å². The molecule has 0 spiro atoms. The number of hydrogen-bond acceptors (Lipinski definition) is 1. The minimum absolute atomic E-state index is 0. The van der Waals surface area contributed by atoms with Crippen molar-refractivity contribution in [1.82, 2.24) is 4.90 Å². The summed E-state index contributed by atoms with van der Waals surface area (Å²) in [6.07, 6.45) is 15.0. The molecule has 0 saturated carbocycles. The van der Waals surface area contributed by atoms with Gasteiger partial charge in [0, 0.05) is 13.6 Å². The van der Waals surface area contributed by atoms with E-state index in [1.807, 2.05) is 0 Å². The lowest BCUT2D eigenvalue weighted by Crippen LogP contribution is -2.25. The fourth-order valence-corrected chi connectivity index (χ4v) is 2.29. The lowest BCUT2D eigenvalue weighted by molar-refractivity contribution is 0.155. The molecule has 0 aromatic rings. The molecule has 1 amide bonds. The van der Waals surface area contributed by atoms with Crippen LogP contribution in [0.15, 0.2) is 0 Å². The molecular weight excluding hydrogens is 274 g/mol. The molecule has 0 aromatic carbocycles. The van der Waals surface area contributed by atoms with E-state index in [1.165, 1.54) is 69.1 Å². The lowest BCUT2D eigenvalue weighted by Gasteiger charge is -2.11. The average Bonchev–Trinajstić information content (AvgIpc) is 2.39. The first kappa shape index (κ1) is 21.9. The fourth-order valence-electron chi connectivity index (χ4n) is 2.29. The largest absolute Gasteiger partial charge is 0.465 e. The molecule has 0 radical (unpaired) electrons. The molecular formula is C16H34ClNO2. The van der Waals surface area contributed by atoms with Crippen LogP contribution < -0.4 is 0 Å². The summed E-state index contributed by atoms with van der Waals surface area (Å²) in [7, 11) is 1.64. The predicted octanol–water partition coefficient (Wildman–Crippen LogP) is 5.72. The zero-order valence-corrected chi connectivity index (χ0v) is 14.2. The second-order valence-corrected chi connectivity index (χ2v) is 5.59. The summed E-state index contributed by atoms with van der Waals surface area (Å²) in [6.45, 7) is 2.93. The van der Waals surface area contributed by atoms with Gasteiger partial charge in [-0.1, -0.05) is 77.6 Å². The van der Waals surface area contributed by atoms with Gasteiger partial charge in [-0.25, -0.2) is 4.79 Å². The van der Waals surface area contributed by atoms with Crippen molar-refractivity contribution in [3.8, 4) is 0 Å². The van der Waals surface area contributed by atoms with Gasteiger partial charge < -0.3 is 10.0 Å². The first-order valence-corrected chi connectivity index (χ1v) is 8.12. The molecule has 0 aromatic heterocycles. The van der Waals surface area contributed by atoms with Crippen LogP contribution in [0.3, 0.4) is 0 Å². The van der Waals surface area contributed by atoms with Crippen LogP contribution in [0.1, 0.15) is 84.0 Å². The summed E-state index contributed by atoms with van der Waals surface area (Å²) < 4.78 is 0. The van der Waals surface area contributed by atoms with Crippen molar-refractivity contribution in [3.05, 3.63) is 0 Å². The van der Waals surface area contributed by atoms with Crippen LogP contribution in [0, 0.1) is 0 Å². The monoisotopic (exact) mass is 307 g/mol. The molecule has 1 N–H and O–H groups in total. The SMILES string of the molecule is CCCCCCCCCCCCCCN(C)C(=O)O.Cl. The highest BCUT2D eigenvalue weighted by Gasteiger charge is 2.03. The van der Waals surface area contributed by atoms with Crippen LogP contribution in [-0.4, -0.2) is 29.7 Å². The van der Waals surface area contributed by atoms with Crippen LogP contribution in [0.4, 0.5) is 4.79 Å². The van der Waals surface area contributed by atoms with E-state index in [0.29, 0.717) is 6.54 Å². The standard InChI is InChI=1S/C16H33NO2.ClH/c1-3-4-5-6-7-8-9-10-11-12-13-14-15-17(2)16(18)19;/h3-15H2,1-2H3,(H,18,19);1H. The summed E-state index contributed by atoms with van der Waals surface area (Å²) in [5, 5.41) is 8.69. The van der Waals surface area contributed by atoms with E-state index in [1.54, 1.807) is 7.05 Å². The maximum absolute atomic E-state index is 10.6. The predicted molar refractivity (Wildman–Crippen MR) is 89.0 cm³/mol. The van der Waals surface area contributed by atoms with E-state index < -0.39 is 6.09 Å². The second kappa shape index (κ2) is 16.6. The highest BCUT2D eigenvalue weighted by atomic mass is 35.5. The quantitative estimate of drug-likeness (QED) is 0.442. The van der Waals surface area contributed by atoms with Crippen molar-refractivity contribution in [3.63, 3.8) is 0 Å². The molecule has 0 bridgehead atoms. The summed E-state index contributed by atoms with van der Waals surface area (Å²) in [4.78, 5) is 11.9. The Balaban J connectivity index is 0. The molecule has 0 atom stereocenters.